The zero-order valence-corrected chi connectivity index (χ0v) is 17.2. The number of phenolic OH excluding ortho intramolecular Hbond substituents is 1. The van der Waals surface area contributed by atoms with E-state index in [0.717, 1.165) is 6.08 Å². The highest BCUT2D eigenvalue weighted by Gasteiger charge is 2.48. The summed E-state index contributed by atoms with van der Waals surface area (Å²) < 4.78 is 11.1. The van der Waals surface area contributed by atoms with Crippen LogP contribution in [0.15, 0.2) is 17.7 Å². The molecule has 3 aliphatic rings. The molecule has 9 heteroatoms. The fourth-order valence-electron chi connectivity index (χ4n) is 4.69. The molecule has 0 aromatic heterocycles. The first kappa shape index (κ1) is 22.1. The first-order valence-electron chi connectivity index (χ1n) is 10.3. The van der Waals surface area contributed by atoms with Gasteiger partial charge in [-0.05, 0) is 31.1 Å². The van der Waals surface area contributed by atoms with Crippen molar-refractivity contribution < 1.29 is 44.6 Å². The molecule has 2 heterocycles. The van der Waals surface area contributed by atoms with Crippen LogP contribution in [-0.2, 0) is 15.9 Å². The van der Waals surface area contributed by atoms with Crippen LogP contribution in [-0.4, -0.2) is 73.9 Å². The molecule has 1 aliphatic carbocycles. The van der Waals surface area contributed by atoms with Gasteiger partial charge in [-0.25, -0.2) is 0 Å². The lowest BCUT2D eigenvalue weighted by atomic mass is 9.79. The summed E-state index contributed by atoms with van der Waals surface area (Å²) in [7, 11) is 0. The number of Topliss-reactive ketones (excluding diaryl/α,β-unsaturated/α-hetero) is 1. The molecule has 0 bridgehead atoms. The molecule has 0 saturated carbocycles. The molecule has 5 N–H and O–H groups in total. The molecule has 6 atom stereocenters. The molecule has 1 saturated heterocycles. The summed E-state index contributed by atoms with van der Waals surface area (Å²) in [6.07, 6.45) is -3.81. The number of phenols is 1. The van der Waals surface area contributed by atoms with E-state index in [4.69, 9.17) is 9.47 Å². The molecule has 1 fully saturated rings. The molecule has 4 rings (SSSR count). The van der Waals surface area contributed by atoms with Crippen LogP contribution in [0.3, 0.4) is 0 Å². The second-order valence-electron chi connectivity index (χ2n) is 8.52. The lowest BCUT2D eigenvalue weighted by Gasteiger charge is -2.37. The molecule has 0 spiro atoms. The topological polar surface area (TPSA) is 154 Å². The van der Waals surface area contributed by atoms with Gasteiger partial charge in [-0.15, -0.1) is 0 Å². The lowest BCUT2D eigenvalue weighted by Crippen LogP contribution is -2.39. The van der Waals surface area contributed by atoms with Gasteiger partial charge in [0.05, 0.1) is 18.3 Å². The molecule has 0 amide bonds. The summed E-state index contributed by atoms with van der Waals surface area (Å²) in [6.45, 7) is 2.84. The van der Waals surface area contributed by atoms with Crippen molar-refractivity contribution in [3.63, 3.8) is 0 Å². The minimum absolute atomic E-state index is 0.00954. The van der Waals surface area contributed by atoms with Crippen molar-refractivity contribution in [2.24, 2.45) is 0 Å². The van der Waals surface area contributed by atoms with E-state index in [1.54, 1.807) is 0 Å². The van der Waals surface area contributed by atoms with Crippen molar-refractivity contribution in [3.05, 3.63) is 40.0 Å². The number of aliphatic hydroxyl groups excluding tert-OH is 3. The number of fused-ring (bicyclic) bond motifs is 2. The number of hydrogen-bond acceptors (Lipinski definition) is 9. The molecule has 31 heavy (non-hydrogen) atoms. The Morgan fingerprint density at radius 3 is 2.55 bits per heavy atom. The first-order chi connectivity index (χ1) is 14.6. The van der Waals surface area contributed by atoms with E-state index in [0.29, 0.717) is 24.0 Å². The number of allylic oxidation sites excluding steroid dienone is 1. The van der Waals surface area contributed by atoms with Gasteiger partial charge in [0.15, 0.2) is 17.4 Å². The zero-order valence-electron chi connectivity index (χ0n) is 17.2. The van der Waals surface area contributed by atoms with Gasteiger partial charge in [-0.3, -0.25) is 9.59 Å². The summed E-state index contributed by atoms with van der Waals surface area (Å²) >= 11 is 0. The molecule has 9 nitrogen and oxygen atoms in total. The SMILES string of the molecule is CCC[C@H]1O[C@](C)(O)Cc2cc3c(c(O)c21)C(=O)C([C@H]1O[C@H](CO)[C@@H](O)[C@H]1O)=CC3=O. The number of ether oxygens (including phenoxy) is 2. The zero-order chi connectivity index (χ0) is 22.7. The number of rotatable bonds is 4. The van der Waals surface area contributed by atoms with Gasteiger partial charge in [0.2, 0.25) is 0 Å². The summed E-state index contributed by atoms with van der Waals surface area (Å²) in [5.74, 6) is -3.15. The normalized spacial score (nSPS) is 35.0. The van der Waals surface area contributed by atoms with E-state index < -0.39 is 60.2 Å². The van der Waals surface area contributed by atoms with E-state index in [-0.39, 0.29) is 23.1 Å². The monoisotopic (exact) mass is 434 g/mol. The van der Waals surface area contributed by atoms with Crippen molar-refractivity contribution in [1.29, 1.82) is 0 Å². The highest BCUT2D eigenvalue weighted by molar-refractivity contribution is 6.26. The third-order valence-corrected chi connectivity index (χ3v) is 6.10. The van der Waals surface area contributed by atoms with Crippen molar-refractivity contribution in [2.45, 2.75) is 69.4 Å². The van der Waals surface area contributed by atoms with Crippen LogP contribution in [0.2, 0.25) is 0 Å². The van der Waals surface area contributed by atoms with E-state index in [1.165, 1.54) is 13.0 Å². The van der Waals surface area contributed by atoms with Gasteiger partial charge in [0.25, 0.3) is 0 Å². The minimum Gasteiger partial charge on any atom is -0.507 e. The predicted molar refractivity (Wildman–Crippen MR) is 106 cm³/mol. The number of aliphatic hydroxyl groups is 4. The average Bonchev–Trinajstić information content (AvgIpc) is 2.97. The highest BCUT2D eigenvalue weighted by atomic mass is 16.6. The Labute approximate surface area is 178 Å². The molecule has 2 aliphatic heterocycles. The predicted octanol–water partition coefficient (Wildman–Crippen LogP) is 0.301. The van der Waals surface area contributed by atoms with Crippen LogP contribution in [0.5, 0.6) is 5.75 Å². The summed E-state index contributed by atoms with van der Waals surface area (Å²) in [5, 5.41) is 51.1. The smallest absolute Gasteiger partial charge is 0.196 e. The summed E-state index contributed by atoms with van der Waals surface area (Å²) in [5.41, 5.74) is 0.452. The Hall–Kier alpha value is -2.14. The summed E-state index contributed by atoms with van der Waals surface area (Å²) in [6, 6.07) is 1.49. The maximum atomic E-state index is 13.3. The van der Waals surface area contributed by atoms with Crippen LogP contribution in [0.25, 0.3) is 0 Å². The van der Waals surface area contributed by atoms with Crippen LogP contribution >= 0.6 is 0 Å². The van der Waals surface area contributed by atoms with Crippen LogP contribution < -0.4 is 0 Å². The third-order valence-electron chi connectivity index (χ3n) is 6.10. The molecule has 168 valence electrons. The van der Waals surface area contributed by atoms with E-state index in [2.05, 4.69) is 0 Å². The second kappa shape index (κ2) is 7.77. The third kappa shape index (κ3) is 3.51. The summed E-state index contributed by atoms with van der Waals surface area (Å²) in [4.78, 5) is 26.2. The molecule has 0 unspecified atom stereocenters. The van der Waals surface area contributed by atoms with Crippen LogP contribution in [0.1, 0.15) is 64.6 Å². The van der Waals surface area contributed by atoms with E-state index in [1.807, 2.05) is 6.92 Å². The minimum atomic E-state index is -1.52. The highest BCUT2D eigenvalue weighted by Crippen LogP contribution is 2.46. The van der Waals surface area contributed by atoms with E-state index >= 15 is 0 Å². The Morgan fingerprint density at radius 1 is 1.23 bits per heavy atom. The Kier molecular flexibility index (Phi) is 5.53. The van der Waals surface area contributed by atoms with Crippen LogP contribution in [0.4, 0.5) is 0 Å². The Balaban J connectivity index is 1.80. The number of aromatic hydroxyl groups is 1. The Morgan fingerprint density at radius 2 is 1.94 bits per heavy atom. The molecular formula is C22H26O9. The first-order valence-corrected chi connectivity index (χ1v) is 10.3. The van der Waals surface area contributed by atoms with Gasteiger partial charge in [-0.1, -0.05) is 13.3 Å². The maximum Gasteiger partial charge on any atom is 0.196 e. The largest absolute Gasteiger partial charge is 0.507 e. The number of carbonyl (C=O) groups is 2. The van der Waals surface area contributed by atoms with Crippen molar-refractivity contribution >= 4 is 11.6 Å². The average molecular weight is 434 g/mol. The standard InChI is InChI=1S/C22H26O9/c1-3-4-13-15-9(7-22(2,29)31-13)5-10-12(24)6-11(17(25)16(10)19(15)27)21-20(28)18(26)14(8-23)30-21/h5-6,13-14,18,20-21,23,26-29H,3-4,7-8H2,1-2H3/t13-,14-,18-,20-,21-,22+/m1/s1. The fourth-order valence-corrected chi connectivity index (χ4v) is 4.69. The number of benzene rings is 1. The molecule has 0 radical (unpaired) electrons. The second-order valence-corrected chi connectivity index (χ2v) is 8.52. The number of hydrogen-bond donors (Lipinski definition) is 5. The number of carbonyl (C=O) groups excluding carboxylic acids is 2. The van der Waals surface area contributed by atoms with E-state index in [9.17, 15) is 35.1 Å². The maximum absolute atomic E-state index is 13.3. The quantitative estimate of drug-likeness (QED) is 0.450. The molecule has 1 aromatic rings. The lowest BCUT2D eigenvalue weighted by molar-refractivity contribution is -0.229. The number of ketones is 2. The van der Waals surface area contributed by atoms with Crippen molar-refractivity contribution in [1.82, 2.24) is 0 Å². The van der Waals surface area contributed by atoms with Crippen molar-refractivity contribution in [2.75, 3.05) is 6.61 Å². The van der Waals surface area contributed by atoms with Crippen molar-refractivity contribution in [3.8, 4) is 5.75 Å². The van der Waals surface area contributed by atoms with Gasteiger partial charge in [-0.2, -0.15) is 0 Å². The molecular weight excluding hydrogens is 408 g/mol. The Bertz CT molecular complexity index is 964. The van der Waals surface area contributed by atoms with Gasteiger partial charge in [0.1, 0.15) is 30.2 Å². The van der Waals surface area contributed by atoms with Gasteiger partial charge < -0.3 is 35.0 Å². The van der Waals surface area contributed by atoms with Crippen LogP contribution in [0, 0.1) is 0 Å². The van der Waals surface area contributed by atoms with Gasteiger partial charge in [0, 0.05) is 23.1 Å². The molecule has 1 aromatic carbocycles. The van der Waals surface area contributed by atoms with Gasteiger partial charge >= 0.3 is 0 Å². The fraction of sp³-hybridized carbons (Fsp3) is 0.545.